The molecular formula is C17H24F3N3O. The molecule has 0 bridgehead atoms. The Labute approximate surface area is 140 Å². The summed E-state index contributed by atoms with van der Waals surface area (Å²) < 4.78 is 39.3. The largest absolute Gasteiger partial charge is 0.416 e. The highest BCUT2D eigenvalue weighted by molar-refractivity contribution is 5.32. The summed E-state index contributed by atoms with van der Waals surface area (Å²) in [6.07, 6.45) is -1.96. The Morgan fingerprint density at radius 2 is 1.83 bits per heavy atom. The number of alkyl halides is 3. The third kappa shape index (κ3) is 3.06. The Hall–Kier alpha value is -1.15. The summed E-state index contributed by atoms with van der Waals surface area (Å²) >= 11 is 0. The molecule has 1 aromatic carbocycles. The van der Waals surface area contributed by atoms with Gasteiger partial charge in [-0.3, -0.25) is 15.5 Å². The molecule has 1 spiro atoms. The predicted molar refractivity (Wildman–Crippen MR) is 85.2 cm³/mol. The van der Waals surface area contributed by atoms with Gasteiger partial charge in [0.2, 0.25) is 0 Å². The standard InChI is InChI=1S/C17H24F3N3O/c1-23(2)16(12-4-3-5-13(10-12)17(18,19)20)8-6-15(7-9-16)11-21-14(24)22-15/h3-5,10,14,21-22,24H,6-9,11H2,1-2H3/t14?,15-,16+. The Morgan fingerprint density at radius 1 is 1.17 bits per heavy atom. The number of aliphatic hydroxyl groups excluding tert-OH is 1. The number of hydrogen-bond donors (Lipinski definition) is 3. The lowest BCUT2D eigenvalue weighted by Crippen LogP contribution is -2.54. The van der Waals surface area contributed by atoms with Crippen LogP contribution in [0.5, 0.6) is 0 Å². The van der Waals surface area contributed by atoms with Gasteiger partial charge in [0.1, 0.15) is 0 Å². The van der Waals surface area contributed by atoms with Gasteiger partial charge in [-0.05, 0) is 57.5 Å². The molecule has 1 aliphatic heterocycles. The van der Waals surface area contributed by atoms with Gasteiger partial charge >= 0.3 is 6.18 Å². The van der Waals surface area contributed by atoms with Crippen LogP contribution in [0, 0.1) is 0 Å². The maximum Gasteiger partial charge on any atom is 0.416 e. The molecule has 134 valence electrons. The first-order valence-electron chi connectivity index (χ1n) is 8.21. The number of aliphatic hydroxyl groups is 1. The van der Waals surface area contributed by atoms with Gasteiger partial charge in [0.05, 0.1) is 5.56 Å². The van der Waals surface area contributed by atoms with Crippen LogP contribution >= 0.6 is 0 Å². The summed E-state index contributed by atoms with van der Waals surface area (Å²) in [5.41, 5.74) is -0.469. The van der Waals surface area contributed by atoms with E-state index >= 15 is 0 Å². The zero-order valence-electron chi connectivity index (χ0n) is 14.0. The lowest BCUT2D eigenvalue weighted by molar-refractivity contribution is -0.137. The fourth-order valence-electron chi connectivity index (χ4n) is 4.13. The van der Waals surface area contributed by atoms with Crippen LogP contribution in [-0.2, 0) is 11.7 Å². The lowest BCUT2D eigenvalue weighted by Gasteiger charge is -2.49. The molecule has 2 aliphatic rings. The third-order valence-corrected chi connectivity index (χ3v) is 5.69. The molecule has 1 aliphatic carbocycles. The van der Waals surface area contributed by atoms with Gasteiger partial charge < -0.3 is 5.11 Å². The summed E-state index contributed by atoms with van der Waals surface area (Å²) in [6, 6.07) is 5.69. The van der Waals surface area contributed by atoms with E-state index in [4.69, 9.17) is 0 Å². The summed E-state index contributed by atoms with van der Waals surface area (Å²) in [6.45, 7) is 0.681. The second-order valence-corrected chi connectivity index (χ2v) is 7.21. The van der Waals surface area contributed by atoms with Gasteiger partial charge in [0, 0.05) is 17.6 Å². The minimum atomic E-state index is -4.33. The van der Waals surface area contributed by atoms with Crippen LogP contribution in [0.2, 0.25) is 0 Å². The van der Waals surface area contributed by atoms with E-state index in [9.17, 15) is 18.3 Å². The van der Waals surface area contributed by atoms with Crippen LogP contribution < -0.4 is 10.6 Å². The van der Waals surface area contributed by atoms with Crippen molar-refractivity contribution in [1.29, 1.82) is 0 Å². The summed E-state index contributed by atoms with van der Waals surface area (Å²) in [5, 5.41) is 15.8. The first kappa shape index (κ1) is 17.7. The molecule has 1 saturated carbocycles. The number of hydrogen-bond acceptors (Lipinski definition) is 4. The van der Waals surface area contributed by atoms with E-state index < -0.39 is 23.6 Å². The molecule has 4 nitrogen and oxygen atoms in total. The van der Waals surface area contributed by atoms with E-state index in [1.807, 2.05) is 19.0 Å². The molecule has 1 saturated heterocycles. The number of nitrogens with zero attached hydrogens (tertiary/aromatic N) is 1. The van der Waals surface area contributed by atoms with Gasteiger partial charge in [-0.2, -0.15) is 13.2 Å². The van der Waals surface area contributed by atoms with Crippen LogP contribution in [0.1, 0.15) is 36.8 Å². The van der Waals surface area contributed by atoms with Crippen molar-refractivity contribution in [3.05, 3.63) is 35.4 Å². The van der Waals surface area contributed by atoms with E-state index in [2.05, 4.69) is 10.6 Å². The molecule has 1 heterocycles. The first-order chi connectivity index (χ1) is 11.2. The molecule has 0 radical (unpaired) electrons. The average Bonchev–Trinajstić information content (AvgIpc) is 2.88. The zero-order valence-corrected chi connectivity index (χ0v) is 14.0. The third-order valence-electron chi connectivity index (χ3n) is 5.69. The Balaban J connectivity index is 1.89. The first-order valence-corrected chi connectivity index (χ1v) is 8.21. The van der Waals surface area contributed by atoms with Crippen molar-refractivity contribution in [1.82, 2.24) is 15.5 Å². The van der Waals surface area contributed by atoms with E-state index in [0.29, 0.717) is 12.1 Å². The minimum Gasteiger partial charge on any atom is -0.365 e. The number of rotatable bonds is 2. The number of nitrogens with one attached hydrogen (secondary N) is 2. The lowest BCUT2D eigenvalue weighted by atomic mass is 9.68. The highest BCUT2D eigenvalue weighted by Crippen LogP contribution is 2.46. The zero-order chi connectivity index (χ0) is 17.6. The van der Waals surface area contributed by atoms with Gasteiger partial charge in [-0.1, -0.05) is 12.1 Å². The smallest absolute Gasteiger partial charge is 0.365 e. The van der Waals surface area contributed by atoms with Gasteiger partial charge in [0.15, 0.2) is 6.35 Å². The minimum absolute atomic E-state index is 0.166. The van der Waals surface area contributed by atoms with Crippen LogP contribution in [0.15, 0.2) is 24.3 Å². The highest BCUT2D eigenvalue weighted by Gasteiger charge is 2.48. The second-order valence-electron chi connectivity index (χ2n) is 7.21. The quantitative estimate of drug-likeness (QED) is 0.771. The predicted octanol–water partition coefficient (Wildman–Crippen LogP) is 2.24. The van der Waals surface area contributed by atoms with Gasteiger partial charge in [0.25, 0.3) is 0 Å². The molecule has 0 amide bonds. The maximum absolute atomic E-state index is 13.1. The van der Waals surface area contributed by atoms with Gasteiger partial charge in [-0.25, -0.2) is 0 Å². The average molecular weight is 343 g/mol. The maximum atomic E-state index is 13.1. The second kappa shape index (κ2) is 5.98. The van der Waals surface area contributed by atoms with E-state index in [-0.39, 0.29) is 5.54 Å². The normalized spacial score (nSPS) is 34.2. The van der Waals surface area contributed by atoms with E-state index in [1.165, 1.54) is 12.1 Å². The molecule has 3 rings (SSSR count). The molecule has 1 atom stereocenters. The Bertz CT molecular complexity index is 595. The molecule has 1 unspecified atom stereocenters. The van der Waals surface area contributed by atoms with Crippen molar-refractivity contribution in [2.75, 3.05) is 20.6 Å². The highest BCUT2D eigenvalue weighted by atomic mass is 19.4. The number of benzene rings is 1. The summed E-state index contributed by atoms with van der Waals surface area (Å²) in [5.74, 6) is 0. The Kier molecular flexibility index (Phi) is 4.40. The van der Waals surface area contributed by atoms with Crippen molar-refractivity contribution in [2.45, 2.75) is 49.3 Å². The van der Waals surface area contributed by atoms with Crippen LogP contribution in [0.3, 0.4) is 0 Å². The molecule has 24 heavy (non-hydrogen) atoms. The van der Waals surface area contributed by atoms with Crippen molar-refractivity contribution >= 4 is 0 Å². The van der Waals surface area contributed by atoms with Crippen LogP contribution in [0.4, 0.5) is 13.2 Å². The van der Waals surface area contributed by atoms with Crippen molar-refractivity contribution < 1.29 is 18.3 Å². The topological polar surface area (TPSA) is 47.5 Å². The molecule has 3 N–H and O–H groups in total. The van der Waals surface area contributed by atoms with Crippen molar-refractivity contribution in [3.63, 3.8) is 0 Å². The summed E-state index contributed by atoms with van der Waals surface area (Å²) in [7, 11) is 3.85. The molecular weight excluding hydrogens is 319 g/mol. The molecule has 1 aromatic rings. The van der Waals surface area contributed by atoms with E-state index in [1.54, 1.807) is 6.07 Å². The monoisotopic (exact) mass is 343 g/mol. The SMILES string of the molecule is CN(C)[C@]1(c2cccc(C(F)(F)F)c2)CC[C@]2(CC1)CNC(O)N2. The Morgan fingerprint density at radius 3 is 2.33 bits per heavy atom. The van der Waals surface area contributed by atoms with E-state index in [0.717, 1.165) is 31.7 Å². The van der Waals surface area contributed by atoms with Crippen molar-refractivity contribution in [2.24, 2.45) is 0 Å². The van der Waals surface area contributed by atoms with Gasteiger partial charge in [-0.15, -0.1) is 0 Å². The van der Waals surface area contributed by atoms with Crippen LogP contribution in [-0.4, -0.2) is 42.5 Å². The molecule has 2 fully saturated rings. The summed E-state index contributed by atoms with van der Waals surface area (Å²) in [4.78, 5) is 2.04. The van der Waals surface area contributed by atoms with Crippen LogP contribution in [0.25, 0.3) is 0 Å². The molecule has 7 heteroatoms. The number of halogens is 3. The fourth-order valence-corrected chi connectivity index (χ4v) is 4.13. The molecule has 0 aromatic heterocycles. The fraction of sp³-hybridized carbons (Fsp3) is 0.647. The van der Waals surface area contributed by atoms with Crippen molar-refractivity contribution in [3.8, 4) is 0 Å².